The average molecular weight is 458 g/mol. The Bertz CT molecular complexity index is 1020. The molecule has 0 unspecified atom stereocenters. The highest BCUT2D eigenvalue weighted by Gasteiger charge is 2.20. The summed E-state index contributed by atoms with van der Waals surface area (Å²) in [6.07, 6.45) is 1.58. The van der Waals surface area contributed by atoms with Crippen molar-refractivity contribution in [1.82, 2.24) is 15.3 Å². The Labute approximate surface area is 190 Å². The number of para-hydroxylation sites is 1. The van der Waals surface area contributed by atoms with Crippen molar-refractivity contribution in [2.24, 2.45) is 0 Å². The van der Waals surface area contributed by atoms with Crippen LogP contribution in [0.1, 0.15) is 11.3 Å². The molecule has 4 rings (SSSR count). The molecule has 31 heavy (non-hydrogen) atoms. The molecule has 0 radical (unpaired) electrons. The van der Waals surface area contributed by atoms with Gasteiger partial charge in [0.25, 0.3) is 0 Å². The highest BCUT2D eigenvalue weighted by atomic mass is 35.5. The van der Waals surface area contributed by atoms with Crippen LogP contribution in [0.5, 0.6) is 0 Å². The van der Waals surface area contributed by atoms with Gasteiger partial charge in [-0.3, -0.25) is 4.79 Å². The molecular weight excluding hydrogens is 434 g/mol. The van der Waals surface area contributed by atoms with E-state index in [4.69, 9.17) is 16.0 Å². The van der Waals surface area contributed by atoms with Gasteiger partial charge in [0.15, 0.2) is 5.16 Å². The molecule has 0 aliphatic carbocycles. The average Bonchev–Trinajstić information content (AvgIpc) is 3.30. The van der Waals surface area contributed by atoms with E-state index in [1.165, 1.54) is 23.0 Å². The molecule has 1 fully saturated rings. The van der Waals surface area contributed by atoms with Crippen LogP contribution in [0.2, 0.25) is 5.15 Å². The molecule has 9 heteroatoms. The van der Waals surface area contributed by atoms with Gasteiger partial charge in [-0.1, -0.05) is 41.6 Å². The SMILES string of the molecule is Cc1ccccc1N1CCN(c2cc(Cl)nc(SCC(=O)NCc3ccco3)n2)CC1. The molecule has 1 aliphatic rings. The van der Waals surface area contributed by atoms with Gasteiger partial charge in [-0.05, 0) is 30.7 Å². The number of anilines is 2. The van der Waals surface area contributed by atoms with Gasteiger partial charge in [0.1, 0.15) is 16.7 Å². The van der Waals surface area contributed by atoms with Gasteiger partial charge in [-0.15, -0.1) is 0 Å². The molecule has 1 N–H and O–H groups in total. The third kappa shape index (κ3) is 5.71. The van der Waals surface area contributed by atoms with Crippen LogP contribution in [0.4, 0.5) is 11.5 Å². The molecule has 0 atom stereocenters. The Hall–Kier alpha value is -2.71. The number of aryl methyl sites for hydroxylation is 1. The number of thioether (sulfide) groups is 1. The summed E-state index contributed by atoms with van der Waals surface area (Å²) in [6.45, 7) is 6.00. The monoisotopic (exact) mass is 457 g/mol. The molecule has 0 saturated carbocycles. The molecule has 162 valence electrons. The number of carbonyl (C=O) groups is 1. The van der Waals surface area contributed by atoms with Crippen LogP contribution < -0.4 is 15.1 Å². The fourth-order valence-corrected chi connectivity index (χ4v) is 4.40. The molecule has 1 amide bonds. The van der Waals surface area contributed by atoms with Crippen LogP contribution in [-0.2, 0) is 11.3 Å². The molecule has 0 bridgehead atoms. The molecule has 3 heterocycles. The predicted octanol–water partition coefficient (Wildman–Crippen LogP) is 3.77. The van der Waals surface area contributed by atoms with Gasteiger partial charge in [-0.25, -0.2) is 9.97 Å². The van der Waals surface area contributed by atoms with Crippen LogP contribution in [0, 0.1) is 6.92 Å². The van der Waals surface area contributed by atoms with Gasteiger partial charge in [0, 0.05) is 37.9 Å². The van der Waals surface area contributed by atoms with Crippen LogP contribution in [0.25, 0.3) is 0 Å². The van der Waals surface area contributed by atoms with E-state index in [-0.39, 0.29) is 11.7 Å². The van der Waals surface area contributed by atoms with Crippen molar-refractivity contribution < 1.29 is 9.21 Å². The lowest BCUT2D eigenvalue weighted by molar-refractivity contribution is -0.118. The lowest BCUT2D eigenvalue weighted by atomic mass is 10.1. The second kappa shape index (κ2) is 10.1. The normalized spacial score (nSPS) is 14.0. The van der Waals surface area contributed by atoms with Crippen molar-refractivity contribution in [2.75, 3.05) is 41.7 Å². The molecule has 0 spiro atoms. The number of aromatic nitrogens is 2. The number of hydrogen-bond donors (Lipinski definition) is 1. The Morgan fingerprint density at radius 3 is 2.65 bits per heavy atom. The summed E-state index contributed by atoms with van der Waals surface area (Å²) in [5.74, 6) is 1.60. The van der Waals surface area contributed by atoms with Crippen LogP contribution >= 0.6 is 23.4 Å². The fourth-order valence-electron chi connectivity index (χ4n) is 3.49. The summed E-state index contributed by atoms with van der Waals surface area (Å²) in [7, 11) is 0. The molecule has 7 nitrogen and oxygen atoms in total. The number of halogens is 1. The Morgan fingerprint density at radius 1 is 1.13 bits per heavy atom. The number of hydrogen-bond acceptors (Lipinski definition) is 7. The summed E-state index contributed by atoms with van der Waals surface area (Å²) in [6, 6.07) is 13.8. The third-order valence-corrected chi connectivity index (χ3v) is 6.13. The number of furan rings is 1. The molecule has 1 saturated heterocycles. The molecule has 1 aromatic carbocycles. The maximum atomic E-state index is 12.1. The maximum Gasteiger partial charge on any atom is 0.230 e. The summed E-state index contributed by atoms with van der Waals surface area (Å²) in [5.41, 5.74) is 2.56. The quantitative estimate of drug-likeness (QED) is 0.329. The standard InChI is InChI=1S/C22H24ClN5O2S/c1-16-5-2-3-7-18(16)27-8-10-28(11-9-27)20-13-19(23)25-22(26-20)31-15-21(29)24-14-17-6-4-12-30-17/h2-7,12-13H,8-11,14-15H2,1H3,(H,24,29). The van der Waals surface area contributed by atoms with Gasteiger partial charge >= 0.3 is 0 Å². The molecular formula is C22H24ClN5O2S. The zero-order valence-electron chi connectivity index (χ0n) is 17.3. The van der Waals surface area contributed by atoms with E-state index in [1.807, 2.05) is 6.07 Å². The van der Waals surface area contributed by atoms with E-state index in [0.29, 0.717) is 22.6 Å². The van der Waals surface area contributed by atoms with Crippen molar-refractivity contribution >= 4 is 40.8 Å². The predicted molar refractivity (Wildman–Crippen MR) is 124 cm³/mol. The lowest BCUT2D eigenvalue weighted by Crippen LogP contribution is -2.47. The van der Waals surface area contributed by atoms with E-state index in [9.17, 15) is 4.79 Å². The minimum Gasteiger partial charge on any atom is -0.467 e. The first-order valence-corrected chi connectivity index (χ1v) is 11.5. The van der Waals surface area contributed by atoms with Gasteiger partial charge in [-0.2, -0.15) is 0 Å². The van der Waals surface area contributed by atoms with Gasteiger partial charge in [0.2, 0.25) is 5.91 Å². The number of amides is 1. The number of nitrogens with zero attached hydrogens (tertiary/aromatic N) is 4. The second-order valence-electron chi connectivity index (χ2n) is 7.24. The Balaban J connectivity index is 1.32. The van der Waals surface area contributed by atoms with Gasteiger partial charge in [0.05, 0.1) is 18.6 Å². The highest BCUT2D eigenvalue weighted by Crippen LogP contribution is 2.25. The van der Waals surface area contributed by atoms with E-state index in [2.05, 4.69) is 56.3 Å². The number of benzene rings is 1. The zero-order valence-corrected chi connectivity index (χ0v) is 18.8. The first-order chi connectivity index (χ1) is 15.1. The highest BCUT2D eigenvalue weighted by molar-refractivity contribution is 7.99. The number of carbonyl (C=O) groups excluding carboxylic acids is 1. The van der Waals surface area contributed by atoms with Crippen molar-refractivity contribution in [3.8, 4) is 0 Å². The van der Waals surface area contributed by atoms with E-state index in [0.717, 1.165) is 32.0 Å². The molecule has 2 aromatic heterocycles. The minimum atomic E-state index is -0.113. The number of rotatable bonds is 7. The minimum absolute atomic E-state index is 0.113. The smallest absolute Gasteiger partial charge is 0.230 e. The summed E-state index contributed by atoms with van der Waals surface area (Å²) in [5, 5.41) is 3.69. The Morgan fingerprint density at radius 2 is 1.90 bits per heavy atom. The zero-order chi connectivity index (χ0) is 21.6. The van der Waals surface area contributed by atoms with E-state index in [1.54, 1.807) is 18.4 Å². The molecule has 1 aliphatic heterocycles. The van der Waals surface area contributed by atoms with Crippen LogP contribution in [0.15, 0.2) is 58.3 Å². The third-order valence-electron chi connectivity index (χ3n) is 5.09. The van der Waals surface area contributed by atoms with Gasteiger partial charge < -0.3 is 19.5 Å². The van der Waals surface area contributed by atoms with E-state index < -0.39 is 0 Å². The van der Waals surface area contributed by atoms with Crippen molar-refractivity contribution in [1.29, 1.82) is 0 Å². The van der Waals surface area contributed by atoms with Crippen molar-refractivity contribution in [2.45, 2.75) is 18.6 Å². The van der Waals surface area contributed by atoms with Crippen LogP contribution in [-0.4, -0.2) is 47.8 Å². The van der Waals surface area contributed by atoms with Crippen LogP contribution in [0.3, 0.4) is 0 Å². The van der Waals surface area contributed by atoms with Crippen molar-refractivity contribution in [3.05, 3.63) is 65.2 Å². The van der Waals surface area contributed by atoms with Crippen molar-refractivity contribution in [3.63, 3.8) is 0 Å². The Kier molecular flexibility index (Phi) is 6.99. The summed E-state index contributed by atoms with van der Waals surface area (Å²) >= 11 is 7.52. The number of nitrogens with one attached hydrogen (secondary N) is 1. The first kappa shape index (κ1) is 21.5. The lowest BCUT2D eigenvalue weighted by Gasteiger charge is -2.37. The second-order valence-corrected chi connectivity index (χ2v) is 8.57. The van der Waals surface area contributed by atoms with E-state index >= 15 is 0 Å². The topological polar surface area (TPSA) is 74.5 Å². The maximum absolute atomic E-state index is 12.1. The largest absolute Gasteiger partial charge is 0.467 e. The molecule has 3 aromatic rings. The summed E-state index contributed by atoms with van der Waals surface area (Å²) in [4.78, 5) is 25.6. The summed E-state index contributed by atoms with van der Waals surface area (Å²) < 4.78 is 5.21. The fraction of sp³-hybridized carbons (Fsp3) is 0.318. The first-order valence-electron chi connectivity index (χ1n) is 10.1. The number of piperazine rings is 1.